The SMILES string of the molecule is CC1=C(c2cncc(C#N)c2)C(c2ccc(OCCN3CC(CF)C3)cc2)Oc2ccc(O)cc21. The van der Waals surface area contributed by atoms with E-state index in [1.807, 2.05) is 31.2 Å². The van der Waals surface area contributed by atoms with Gasteiger partial charge in [-0.25, -0.2) is 0 Å². The molecule has 0 spiro atoms. The van der Waals surface area contributed by atoms with Crippen LogP contribution in [-0.2, 0) is 0 Å². The summed E-state index contributed by atoms with van der Waals surface area (Å²) in [5.74, 6) is 1.77. The van der Waals surface area contributed by atoms with Crippen molar-refractivity contribution in [3.8, 4) is 23.3 Å². The largest absolute Gasteiger partial charge is 0.508 e. The number of aromatic nitrogens is 1. The zero-order chi connectivity index (χ0) is 24.4. The van der Waals surface area contributed by atoms with E-state index < -0.39 is 6.10 Å². The summed E-state index contributed by atoms with van der Waals surface area (Å²) in [6.07, 6.45) is 2.84. The van der Waals surface area contributed by atoms with Gasteiger partial charge in [0.05, 0.1) is 12.2 Å². The first-order valence-corrected chi connectivity index (χ1v) is 11.6. The molecule has 0 aliphatic carbocycles. The first kappa shape index (κ1) is 22.9. The fraction of sp³-hybridized carbons (Fsp3) is 0.286. The summed E-state index contributed by atoms with van der Waals surface area (Å²) in [7, 11) is 0. The fourth-order valence-electron chi connectivity index (χ4n) is 4.68. The third-order valence-electron chi connectivity index (χ3n) is 6.57. The number of rotatable bonds is 7. The summed E-state index contributed by atoms with van der Waals surface area (Å²) in [4.78, 5) is 6.43. The number of benzene rings is 2. The van der Waals surface area contributed by atoms with Gasteiger partial charge in [0.25, 0.3) is 0 Å². The molecule has 0 bridgehead atoms. The van der Waals surface area contributed by atoms with E-state index in [9.17, 15) is 14.8 Å². The Morgan fingerprint density at radius 2 is 1.97 bits per heavy atom. The molecule has 0 saturated carbocycles. The van der Waals surface area contributed by atoms with Gasteiger partial charge in [0, 0.05) is 54.6 Å². The van der Waals surface area contributed by atoms with Crippen LogP contribution in [0.3, 0.4) is 0 Å². The van der Waals surface area contributed by atoms with Crippen LogP contribution < -0.4 is 9.47 Å². The highest BCUT2D eigenvalue weighted by molar-refractivity contribution is 5.95. The third kappa shape index (κ3) is 4.71. The number of hydrogen-bond donors (Lipinski definition) is 1. The Labute approximate surface area is 203 Å². The van der Waals surface area contributed by atoms with Gasteiger partial charge in [0.2, 0.25) is 0 Å². The Morgan fingerprint density at radius 3 is 2.71 bits per heavy atom. The number of likely N-dealkylation sites (tertiary alicyclic amines) is 1. The summed E-state index contributed by atoms with van der Waals surface area (Å²) in [6.45, 7) is 4.66. The van der Waals surface area contributed by atoms with Gasteiger partial charge in [0.1, 0.15) is 36.0 Å². The summed E-state index contributed by atoms with van der Waals surface area (Å²) in [5, 5.41) is 19.4. The van der Waals surface area contributed by atoms with Crippen LogP contribution in [-0.4, -0.2) is 47.9 Å². The van der Waals surface area contributed by atoms with Gasteiger partial charge >= 0.3 is 0 Å². The zero-order valence-corrected chi connectivity index (χ0v) is 19.4. The van der Waals surface area contributed by atoms with Crippen molar-refractivity contribution in [3.05, 3.63) is 83.2 Å². The van der Waals surface area contributed by atoms with E-state index in [0.717, 1.165) is 53.2 Å². The number of nitriles is 1. The van der Waals surface area contributed by atoms with Crippen LogP contribution in [0.1, 0.15) is 35.3 Å². The molecule has 5 rings (SSSR count). The van der Waals surface area contributed by atoms with E-state index in [1.165, 1.54) is 6.20 Å². The Bertz CT molecular complexity index is 1290. The molecule has 7 heteroatoms. The van der Waals surface area contributed by atoms with Crippen molar-refractivity contribution in [1.29, 1.82) is 5.26 Å². The molecule has 3 heterocycles. The van der Waals surface area contributed by atoms with Crippen molar-refractivity contribution >= 4 is 11.1 Å². The highest BCUT2D eigenvalue weighted by Crippen LogP contribution is 2.47. The second-order valence-electron chi connectivity index (χ2n) is 8.99. The van der Waals surface area contributed by atoms with E-state index in [2.05, 4.69) is 16.0 Å². The van der Waals surface area contributed by atoms with Gasteiger partial charge in [-0.2, -0.15) is 5.26 Å². The highest BCUT2D eigenvalue weighted by atomic mass is 19.1. The summed E-state index contributed by atoms with van der Waals surface area (Å²) >= 11 is 0. The van der Waals surface area contributed by atoms with Crippen LogP contribution >= 0.6 is 0 Å². The second-order valence-corrected chi connectivity index (χ2v) is 8.99. The Morgan fingerprint density at radius 1 is 1.17 bits per heavy atom. The predicted octanol–water partition coefficient (Wildman–Crippen LogP) is 5.00. The molecular weight excluding hydrogens is 445 g/mol. The number of hydrogen-bond acceptors (Lipinski definition) is 6. The first-order valence-electron chi connectivity index (χ1n) is 11.6. The van der Waals surface area contributed by atoms with Crippen molar-refractivity contribution in [1.82, 2.24) is 9.88 Å². The van der Waals surface area contributed by atoms with Crippen molar-refractivity contribution in [2.75, 3.05) is 32.9 Å². The molecule has 6 nitrogen and oxygen atoms in total. The van der Waals surface area contributed by atoms with E-state index in [-0.39, 0.29) is 18.3 Å². The molecule has 35 heavy (non-hydrogen) atoms. The van der Waals surface area contributed by atoms with E-state index in [1.54, 1.807) is 30.5 Å². The van der Waals surface area contributed by atoms with Crippen LogP contribution in [0.4, 0.5) is 4.39 Å². The Kier molecular flexibility index (Phi) is 6.39. The van der Waals surface area contributed by atoms with Crippen LogP contribution in [0.5, 0.6) is 17.2 Å². The van der Waals surface area contributed by atoms with Crippen LogP contribution in [0.25, 0.3) is 11.1 Å². The quantitative estimate of drug-likeness (QED) is 0.522. The normalized spacial score (nSPS) is 17.8. The predicted molar refractivity (Wildman–Crippen MR) is 131 cm³/mol. The molecule has 1 fully saturated rings. The lowest BCUT2D eigenvalue weighted by Crippen LogP contribution is -2.49. The number of fused-ring (bicyclic) bond motifs is 1. The summed E-state index contributed by atoms with van der Waals surface area (Å²) < 4.78 is 24.9. The number of allylic oxidation sites excluding steroid dienone is 1. The van der Waals surface area contributed by atoms with Crippen LogP contribution in [0.2, 0.25) is 0 Å². The maximum absolute atomic E-state index is 12.6. The molecule has 1 N–H and O–H groups in total. The molecule has 1 saturated heterocycles. The standard InChI is InChI=1S/C28H26FN3O3/c1-18-25-11-23(33)4-7-26(25)35-28(27(18)22-10-19(13-30)14-31-15-22)21-2-5-24(6-3-21)34-9-8-32-16-20(12-29)17-32/h2-7,10-11,14-15,20,28,33H,8-9,12,16-17H2,1H3. The minimum atomic E-state index is -0.421. The zero-order valence-electron chi connectivity index (χ0n) is 19.4. The minimum Gasteiger partial charge on any atom is -0.508 e. The Balaban J connectivity index is 1.40. The minimum absolute atomic E-state index is 0.161. The van der Waals surface area contributed by atoms with Crippen molar-refractivity contribution in [2.45, 2.75) is 13.0 Å². The monoisotopic (exact) mass is 471 g/mol. The maximum atomic E-state index is 12.6. The lowest BCUT2D eigenvalue weighted by atomic mass is 9.86. The first-order chi connectivity index (χ1) is 17.1. The van der Waals surface area contributed by atoms with Crippen molar-refractivity contribution in [2.24, 2.45) is 5.92 Å². The number of pyridine rings is 1. The Hall–Kier alpha value is -3.89. The maximum Gasteiger partial charge on any atom is 0.150 e. The molecule has 2 aromatic carbocycles. The molecule has 2 aliphatic heterocycles. The lowest BCUT2D eigenvalue weighted by molar-refractivity contribution is 0.0668. The van der Waals surface area contributed by atoms with Gasteiger partial charge in [-0.3, -0.25) is 14.3 Å². The number of aromatic hydroxyl groups is 1. The van der Waals surface area contributed by atoms with Crippen molar-refractivity contribution in [3.63, 3.8) is 0 Å². The van der Waals surface area contributed by atoms with E-state index in [4.69, 9.17) is 9.47 Å². The van der Waals surface area contributed by atoms with Crippen LogP contribution in [0.15, 0.2) is 60.9 Å². The highest BCUT2D eigenvalue weighted by Gasteiger charge is 2.30. The van der Waals surface area contributed by atoms with Gasteiger partial charge in [0.15, 0.2) is 0 Å². The average Bonchev–Trinajstić information content (AvgIpc) is 2.86. The number of alkyl halides is 1. The molecule has 0 radical (unpaired) electrons. The van der Waals surface area contributed by atoms with Gasteiger partial charge in [-0.1, -0.05) is 12.1 Å². The summed E-state index contributed by atoms with van der Waals surface area (Å²) in [6, 6.07) is 16.8. The fourth-order valence-corrected chi connectivity index (χ4v) is 4.68. The molecule has 3 aromatic rings. The van der Waals surface area contributed by atoms with Gasteiger partial charge < -0.3 is 14.6 Å². The average molecular weight is 472 g/mol. The topological polar surface area (TPSA) is 78.6 Å². The van der Waals surface area contributed by atoms with Gasteiger partial charge in [-0.15, -0.1) is 0 Å². The number of phenolic OH excluding ortho intramolecular Hbond substituents is 1. The smallest absolute Gasteiger partial charge is 0.150 e. The third-order valence-corrected chi connectivity index (χ3v) is 6.57. The molecule has 178 valence electrons. The van der Waals surface area contributed by atoms with Crippen molar-refractivity contribution < 1.29 is 19.0 Å². The molecule has 2 aliphatic rings. The second kappa shape index (κ2) is 9.77. The lowest BCUT2D eigenvalue weighted by Gasteiger charge is -2.37. The molecular formula is C28H26FN3O3. The molecule has 1 aromatic heterocycles. The molecule has 1 unspecified atom stereocenters. The van der Waals surface area contributed by atoms with Gasteiger partial charge in [-0.05, 0) is 54.5 Å². The number of ether oxygens (including phenoxy) is 2. The van der Waals surface area contributed by atoms with Crippen LogP contribution in [0, 0.1) is 17.2 Å². The van der Waals surface area contributed by atoms with E-state index >= 15 is 0 Å². The summed E-state index contributed by atoms with van der Waals surface area (Å²) in [5.41, 5.74) is 4.84. The number of halogens is 1. The molecule has 0 amide bonds. The van der Waals surface area contributed by atoms with E-state index in [0.29, 0.717) is 17.9 Å². The number of phenols is 1. The number of nitrogens with zero attached hydrogens (tertiary/aromatic N) is 3. The molecule has 1 atom stereocenters.